The van der Waals surface area contributed by atoms with Gasteiger partial charge in [0.05, 0.1) is 18.3 Å². The third kappa shape index (κ3) is 2.91. The molecule has 0 spiro atoms. The molecule has 2 unspecified atom stereocenters. The SMILES string of the molecule is [N-]=[N+]=NCC(O)C(O)c1csc(C(=O)[O-])n1. The molecule has 0 radical (unpaired) electrons. The Morgan fingerprint density at radius 2 is 2.44 bits per heavy atom. The molecule has 0 saturated carbocycles. The van der Waals surface area contributed by atoms with E-state index in [2.05, 4.69) is 15.0 Å². The van der Waals surface area contributed by atoms with Crippen LogP contribution in [0.5, 0.6) is 0 Å². The number of aromatic carboxylic acids is 1. The van der Waals surface area contributed by atoms with Gasteiger partial charge in [-0.2, -0.15) is 0 Å². The largest absolute Gasteiger partial charge is 0.542 e. The first-order chi connectivity index (χ1) is 7.56. The molecule has 16 heavy (non-hydrogen) atoms. The average Bonchev–Trinajstić information content (AvgIpc) is 2.74. The monoisotopic (exact) mass is 243 g/mol. The van der Waals surface area contributed by atoms with Gasteiger partial charge in [-0.15, -0.1) is 11.3 Å². The van der Waals surface area contributed by atoms with Crippen LogP contribution >= 0.6 is 11.3 Å². The van der Waals surface area contributed by atoms with Crippen LogP contribution in [-0.4, -0.2) is 33.8 Å². The second-order valence-electron chi connectivity index (χ2n) is 2.79. The Kier molecular flexibility index (Phi) is 4.20. The van der Waals surface area contributed by atoms with E-state index in [1.54, 1.807) is 0 Å². The Hall–Kier alpha value is -1.67. The molecule has 8 nitrogen and oxygen atoms in total. The standard InChI is InChI=1S/C7H8N4O4S/c8-11-9-1-4(12)5(13)3-2-16-6(10-3)7(14)15/h2,4-5,12-13H,1H2,(H,14,15)/p-1. The summed E-state index contributed by atoms with van der Waals surface area (Å²) < 4.78 is 0. The number of carboxylic acid groups (broad SMARTS) is 1. The minimum Gasteiger partial charge on any atom is -0.542 e. The molecular formula is C7H7N4O4S-. The first-order valence-corrected chi connectivity index (χ1v) is 4.98. The van der Waals surface area contributed by atoms with Crippen molar-refractivity contribution in [1.82, 2.24) is 4.98 Å². The number of aliphatic hydroxyl groups excluding tert-OH is 2. The van der Waals surface area contributed by atoms with Crippen molar-refractivity contribution in [3.63, 3.8) is 0 Å². The summed E-state index contributed by atoms with van der Waals surface area (Å²) in [6.07, 6.45) is -2.72. The van der Waals surface area contributed by atoms with E-state index >= 15 is 0 Å². The van der Waals surface area contributed by atoms with Gasteiger partial charge in [-0.3, -0.25) is 0 Å². The minimum absolute atomic E-state index is 0.00448. The predicted octanol–water partition coefficient (Wildman–Crippen LogP) is -0.789. The topological polar surface area (TPSA) is 142 Å². The van der Waals surface area contributed by atoms with Crippen molar-refractivity contribution in [2.75, 3.05) is 6.54 Å². The second kappa shape index (κ2) is 5.42. The van der Waals surface area contributed by atoms with Crippen molar-refractivity contribution in [1.29, 1.82) is 0 Å². The Morgan fingerprint density at radius 1 is 1.75 bits per heavy atom. The highest BCUT2D eigenvalue weighted by Gasteiger charge is 2.20. The Balaban J connectivity index is 2.75. The molecule has 0 aromatic carbocycles. The number of hydrogen-bond acceptors (Lipinski definition) is 7. The van der Waals surface area contributed by atoms with E-state index in [0.29, 0.717) is 0 Å². The van der Waals surface area contributed by atoms with E-state index in [9.17, 15) is 20.1 Å². The van der Waals surface area contributed by atoms with Crippen molar-refractivity contribution in [3.05, 3.63) is 26.5 Å². The van der Waals surface area contributed by atoms with Crippen LogP contribution < -0.4 is 5.11 Å². The molecule has 0 saturated heterocycles. The van der Waals surface area contributed by atoms with E-state index in [0.717, 1.165) is 11.3 Å². The molecule has 0 aliphatic rings. The summed E-state index contributed by atoms with van der Waals surface area (Å²) in [7, 11) is 0. The fourth-order valence-electron chi connectivity index (χ4n) is 0.933. The maximum absolute atomic E-state index is 10.4. The van der Waals surface area contributed by atoms with Gasteiger partial charge in [0, 0.05) is 10.3 Å². The van der Waals surface area contributed by atoms with Crippen LogP contribution in [0, 0.1) is 0 Å². The molecule has 2 atom stereocenters. The van der Waals surface area contributed by atoms with Crippen LogP contribution in [-0.2, 0) is 0 Å². The molecule has 0 aliphatic carbocycles. The molecule has 1 heterocycles. The fraction of sp³-hybridized carbons (Fsp3) is 0.429. The normalized spacial score (nSPS) is 13.9. The van der Waals surface area contributed by atoms with Gasteiger partial charge in [0.2, 0.25) is 0 Å². The number of aliphatic hydroxyl groups is 2. The lowest BCUT2D eigenvalue weighted by Crippen LogP contribution is -2.24. The highest BCUT2D eigenvalue weighted by molar-refractivity contribution is 7.11. The van der Waals surface area contributed by atoms with Crippen LogP contribution in [0.4, 0.5) is 0 Å². The summed E-state index contributed by atoms with van der Waals surface area (Å²) in [6.45, 7) is -0.324. The highest BCUT2D eigenvalue weighted by Crippen LogP contribution is 2.19. The van der Waals surface area contributed by atoms with Crippen LogP contribution in [0.2, 0.25) is 0 Å². The summed E-state index contributed by atoms with van der Waals surface area (Å²) in [5.41, 5.74) is 8.01. The molecule has 1 aromatic heterocycles. The third-order valence-corrected chi connectivity index (χ3v) is 2.54. The van der Waals surface area contributed by atoms with E-state index in [-0.39, 0.29) is 17.2 Å². The van der Waals surface area contributed by atoms with E-state index in [1.165, 1.54) is 5.38 Å². The predicted molar refractivity (Wildman–Crippen MR) is 51.4 cm³/mol. The van der Waals surface area contributed by atoms with Gasteiger partial charge in [-0.05, 0) is 5.53 Å². The molecule has 0 fully saturated rings. The van der Waals surface area contributed by atoms with Crippen LogP contribution in [0.25, 0.3) is 10.4 Å². The molecular weight excluding hydrogens is 236 g/mol. The van der Waals surface area contributed by atoms with Crippen molar-refractivity contribution >= 4 is 17.3 Å². The van der Waals surface area contributed by atoms with Gasteiger partial charge in [-0.25, -0.2) is 4.98 Å². The van der Waals surface area contributed by atoms with Crippen molar-refractivity contribution in [3.8, 4) is 0 Å². The number of hydrogen-bond donors (Lipinski definition) is 2. The van der Waals surface area contributed by atoms with Crippen LogP contribution in [0.3, 0.4) is 0 Å². The Morgan fingerprint density at radius 3 is 2.94 bits per heavy atom. The third-order valence-electron chi connectivity index (χ3n) is 1.70. The van der Waals surface area contributed by atoms with E-state index in [1.807, 2.05) is 0 Å². The zero-order valence-electron chi connectivity index (χ0n) is 7.85. The molecule has 0 amide bonds. The van der Waals surface area contributed by atoms with Crippen LogP contribution in [0.15, 0.2) is 10.5 Å². The first-order valence-electron chi connectivity index (χ1n) is 4.10. The fourth-order valence-corrected chi connectivity index (χ4v) is 1.61. The molecule has 1 rings (SSSR count). The Bertz CT molecular complexity index is 428. The number of carbonyl (C=O) groups is 1. The van der Waals surface area contributed by atoms with Crippen molar-refractivity contribution < 1.29 is 20.1 Å². The number of rotatable bonds is 5. The van der Waals surface area contributed by atoms with E-state index < -0.39 is 18.2 Å². The lowest BCUT2D eigenvalue weighted by Gasteiger charge is -2.13. The molecule has 1 aromatic rings. The minimum atomic E-state index is -1.45. The first kappa shape index (κ1) is 12.4. The molecule has 86 valence electrons. The zero-order chi connectivity index (χ0) is 12.1. The smallest absolute Gasteiger partial charge is 0.139 e. The van der Waals surface area contributed by atoms with Crippen molar-refractivity contribution in [2.45, 2.75) is 12.2 Å². The highest BCUT2D eigenvalue weighted by atomic mass is 32.1. The number of carbonyl (C=O) groups excluding carboxylic acids is 1. The summed E-state index contributed by atoms with van der Waals surface area (Å²) >= 11 is 0.780. The summed E-state index contributed by atoms with van der Waals surface area (Å²) in [6, 6.07) is 0. The van der Waals surface area contributed by atoms with Gasteiger partial charge in [0.15, 0.2) is 0 Å². The molecule has 9 heteroatoms. The summed E-state index contributed by atoms with van der Waals surface area (Å²) in [5.74, 6) is -1.45. The van der Waals surface area contributed by atoms with Gasteiger partial charge in [-0.1, -0.05) is 5.11 Å². The average molecular weight is 243 g/mol. The molecule has 2 N–H and O–H groups in total. The number of nitrogens with zero attached hydrogens (tertiary/aromatic N) is 4. The lowest BCUT2D eigenvalue weighted by atomic mass is 10.1. The molecule has 0 aliphatic heterocycles. The van der Waals surface area contributed by atoms with Gasteiger partial charge < -0.3 is 20.1 Å². The summed E-state index contributed by atoms with van der Waals surface area (Å²) in [4.78, 5) is 16.4. The van der Waals surface area contributed by atoms with E-state index in [4.69, 9.17) is 5.53 Å². The second-order valence-corrected chi connectivity index (χ2v) is 3.65. The van der Waals surface area contributed by atoms with Gasteiger partial charge in [0.1, 0.15) is 17.1 Å². The summed E-state index contributed by atoms with van der Waals surface area (Å²) in [5, 5.41) is 33.3. The maximum atomic E-state index is 10.4. The lowest BCUT2D eigenvalue weighted by molar-refractivity contribution is -0.255. The Labute approximate surface area is 93.4 Å². The van der Waals surface area contributed by atoms with Crippen molar-refractivity contribution in [2.24, 2.45) is 5.11 Å². The van der Waals surface area contributed by atoms with Gasteiger partial charge in [0.25, 0.3) is 0 Å². The quantitative estimate of drug-likeness (QED) is 0.396. The number of carboxylic acids is 1. The number of aromatic nitrogens is 1. The zero-order valence-corrected chi connectivity index (χ0v) is 8.66. The maximum Gasteiger partial charge on any atom is 0.139 e. The molecule has 0 bridgehead atoms. The van der Waals surface area contributed by atoms with Gasteiger partial charge >= 0.3 is 0 Å². The number of thiazole rings is 1. The van der Waals surface area contributed by atoms with Crippen LogP contribution in [0.1, 0.15) is 21.6 Å². The number of azide groups is 1.